The van der Waals surface area contributed by atoms with Crippen molar-refractivity contribution in [3.63, 3.8) is 0 Å². The summed E-state index contributed by atoms with van der Waals surface area (Å²) in [6.45, 7) is 2.80. The molecule has 1 aromatic heterocycles. The summed E-state index contributed by atoms with van der Waals surface area (Å²) < 4.78 is 32.3. The lowest BCUT2D eigenvalue weighted by Crippen LogP contribution is -2.43. The molecule has 1 aliphatic heterocycles. The van der Waals surface area contributed by atoms with E-state index in [1.807, 2.05) is 31.2 Å². The van der Waals surface area contributed by atoms with Crippen molar-refractivity contribution in [2.24, 2.45) is 0 Å². The molecular formula is C18H21N3O3S. The first-order chi connectivity index (χ1) is 12.0. The zero-order chi connectivity index (χ0) is 17.7. The van der Waals surface area contributed by atoms with E-state index in [4.69, 9.17) is 4.74 Å². The molecule has 0 aliphatic carbocycles. The summed E-state index contributed by atoms with van der Waals surface area (Å²) in [6, 6.07) is 9.70. The van der Waals surface area contributed by atoms with Crippen LogP contribution in [0.1, 0.15) is 24.0 Å². The molecule has 0 saturated carbocycles. The highest BCUT2D eigenvalue weighted by molar-refractivity contribution is 7.92. The van der Waals surface area contributed by atoms with Crippen molar-refractivity contribution in [2.45, 2.75) is 25.9 Å². The van der Waals surface area contributed by atoms with Gasteiger partial charge in [0.15, 0.2) is 0 Å². The molecule has 0 spiro atoms. The van der Waals surface area contributed by atoms with E-state index >= 15 is 0 Å². The van der Waals surface area contributed by atoms with E-state index in [-0.39, 0.29) is 12.1 Å². The van der Waals surface area contributed by atoms with Crippen LogP contribution in [0.4, 0.5) is 0 Å². The standard InChI is InChI=1S/C18H21N3O3S/c1-15-5-7-16(8-6-15)9-13-25(22,23)21-12-2-4-17(14-21)24-18-19-10-3-11-20-18/h3,5-11,13,17H,2,4,12,14H2,1H3/b13-9+. The largest absolute Gasteiger partial charge is 0.459 e. The first kappa shape index (κ1) is 17.6. The molecule has 1 aliphatic rings. The maximum absolute atomic E-state index is 12.6. The van der Waals surface area contributed by atoms with E-state index in [1.54, 1.807) is 24.5 Å². The number of piperidine rings is 1. The van der Waals surface area contributed by atoms with E-state index < -0.39 is 10.0 Å². The highest BCUT2D eigenvalue weighted by atomic mass is 32.2. The Morgan fingerprint density at radius 1 is 1.20 bits per heavy atom. The van der Waals surface area contributed by atoms with Crippen molar-refractivity contribution >= 4 is 16.1 Å². The number of benzene rings is 1. The van der Waals surface area contributed by atoms with Gasteiger partial charge in [-0.25, -0.2) is 18.4 Å². The smallest absolute Gasteiger partial charge is 0.316 e. The molecule has 132 valence electrons. The minimum absolute atomic E-state index is 0.237. The SMILES string of the molecule is Cc1ccc(/C=C/S(=O)(=O)N2CCCC(Oc3ncccn3)C2)cc1. The van der Waals surface area contributed by atoms with E-state index in [0.717, 1.165) is 24.0 Å². The molecule has 0 N–H and O–H groups in total. The van der Waals surface area contributed by atoms with Crippen LogP contribution in [-0.2, 0) is 10.0 Å². The van der Waals surface area contributed by atoms with E-state index in [9.17, 15) is 8.42 Å². The van der Waals surface area contributed by atoms with Crippen LogP contribution in [0.25, 0.3) is 6.08 Å². The molecular weight excluding hydrogens is 338 g/mol. The summed E-state index contributed by atoms with van der Waals surface area (Å²) in [5.41, 5.74) is 2.00. The van der Waals surface area contributed by atoms with Gasteiger partial charge in [0.05, 0.1) is 6.54 Å². The van der Waals surface area contributed by atoms with Crippen molar-refractivity contribution in [3.05, 3.63) is 59.3 Å². The minimum Gasteiger partial charge on any atom is -0.459 e. The fourth-order valence-corrected chi connectivity index (χ4v) is 3.91. The van der Waals surface area contributed by atoms with Crippen LogP contribution in [0, 0.1) is 6.92 Å². The molecule has 1 fully saturated rings. The Kier molecular flexibility index (Phi) is 5.45. The quantitative estimate of drug-likeness (QED) is 0.821. The zero-order valence-electron chi connectivity index (χ0n) is 14.1. The molecule has 0 bridgehead atoms. The molecule has 25 heavy (non-hydrogen) atoms. The summed E-state index contributed by atoms with van der Waals surface area (Å²) in [4.78, 5) is 8.06. The topological polar surface area (TPSA) is 72.4 Å². The fourth-order valence-electron chi connectivity index (χ4n) is 2.66. The van der Waals surface area contributed by atoms with Crippen LogP contribution in [0.15, 0.2) is 48.1 Å². The number of sulfonamides is 1. The number of aromatic nitrogens is 2. The van der Waals surface area contributed by atoms with Crippen molar-refractivity contribution in [1.82, 2.24) is 14.3 Å². The lowest BCUT2D eigenvalue weighted by Gasteiger charge is -2.30. The third kappa shape index (κ3) is 4.87. The first-order valence-corrected chi connectivity index (χ1v) is 9.72. The Morgan fingerprint density at radius 3 is 2.64 bits per heavy atom. The number of aryl methyl sites for hydroxylation is 1. The van der Waals surface area contributed by atoms with E-state index in [0.29, 0.717) is 13.1 Å². The van der Waals surface area contributed by atoms with Gasteiger partial charge in [0.2, 0.25) is 10.0 Å². The Morgan fingerprint density at radius 2 is 1.92 bits per heavy atom. The van der Waals surface area contributed by atoms with Crippen LogP contribution >= 0.6 is 0 Å². The van der Waals surface area contributed by atoms with Gasteiger partial charge in [0.25, 0.3) is 0 Å². The first-order valence-electron chi connectivity index (χ1n) is 8.21. The second kappa shape index (κ2) is 7.76. The molecule has 1 saturated heterocycles. The molecule has 3 rings (SSSR count). The zero-order valence-corrected chi connectivity index (χ0v) is 14.9. The molecule has 0 amide bonds. The van der Waals surface area contributed by atoms with Gasteiger partial charge in [0.1, 0.15) is 6.10 Å². The minimum atomic E-state index is -3.48. The number of hydrogen-bond donors (Lipinski definition) is 0. The Bertz CT molecular complexity index is 820. The van der Waals surface area contributed by atoms with Crippen molar-refractivity contribution in [1.29, 1.82) is 0 Å². The summed E-state index contributed by atoms with van der Waals surface area (Å²) in [7, 11) is -3.48. The van der Waals surface area contributed by atoms with Gasteiger partial charge in [0, 0.05) is 24.3 Å². The van der Waals surface area contributed by atoms with Crippen molar-refractivity contribution in [2.75, 3.05) is 13.1 Å². The van der Waals surface area contributed by atoms with E-state index in [2.05, 4.69) is 9.97 Å². The maximum atomic E-state index is 12.6. The van der Waals surface area contributed by atoms with Crippen LogP contribution in [0.3, 0.4) is 0 Å². The average Bonchev–Trinajstić information content (AvgIpc) is 2.62. The van der Waals surface area contributed by atoms with E-state index in [1.165, 1.54) is 9.71 Å². The van der Waals surface area contributed by atoms with Crippen molar-refractivity contribution in [3.8, 4) is 6.01 Å². The number of nitrogens with zero attached hydrogens (tertiary/aromatic N) is 3. The van der Waals surface area contributed by atoms with Gasteiger partial charge in [-0.1, -0.05) is 29.8 Å². The highest BCUT2D eigenvalue weighted by Crippen LogP contribution is 2.19. The van der Waals surface area contributed by atoms with Crippen LogP contribution in [0.2, 0.25) is 0 Å². The predicted octanol–water partition coefficient (Wildman–Crippen LogP) is 2.63. The van der Waals surface area contributed by atoms with Gasteiger partial charge in [-0.15, -0.1) is 0 Å². The normalized spacial score (nSPS) is 19.2. The number of hydrogen-bond acceptors (Lipinski definition) is 5. The summed E-state index contributed by atoms with van der Waals surface area (Å²) in [5.74, 6) is 0. The third-order valence-corrected chi connectivity index (χ3v) is 5.56. The molecule has 2 heterocycles. The Hall–Kier alpha value is -2.25. The third-order valence-electron chi connectivity index (χ3n) is 4.02. The second-order valence-corrected chi connectivity index (χ2v) is 7.85. The summed E-state index contributed by atoms with van der Waals surface area (Å²) in [5, 5.41) is 1.26. The molecule has 7 heteroatoms. The lowest BCUT2D eigenvalue weighted by atomic mass is 10.1. The summed E-state index contributed by atoms with van der Waals surface area (Å²) in [6.07, 6.45) is 6.12. The lowest BCUT2D eigenvalue weighted by molar-refractivity contribution is 0.120. The van der Waals surface area contributed by atoms with Gasteiger partial charge in [-0.05, 0) is 37.5 Å². The molecule has 1 aromatic carbocycles. The Balaban J connectivity index is 1.66. The van der Waals surface area contributed by atoms with Crippen LogP contribution in [0.5, 0.6) is 6.01 Å². The number of ether oxygens (including phenoxy) is 1. The highest BCUT2D eigenvalue weighted by Gasteiger charge is 2.28. The van der Waals surface area contributed by atoms with Gasteiger partial charge >= 0.3 is 6.01 Å². The summed E-state index contributed by atoms with van der Waals surface area (Å²) >= 11 is 0. The number of rotatable bonds is 5. The average molecular weight is 359 g/mol. The molecule has 1 unspecified atom stereocenters. The van der Waals surface area contributed by atoms with Gasteiger partial charge in [-0.2, -0.15) is 4.31 Å². The fraction of sp³-hybridized carbons (Fsp3) is 0.333. The monoisotopic (exact) mass is 359 g/mol. The van der Waals surface area contributed by atoms with Gasteiger partial charge in [-0.3, -0.25) is 0 Å². The second-order valence-electron chi connectivity index (χ2n) is 6.03. The maximum Gasteiger partial charge on any atom is 0.316 e. The molecule has 0 radical (unpaired) electrons. The van der Waals surface area contributed by atoms with Crippen molar-refractivity contribution < 1.29 is 13.2 Å². The molecule has 6 nitrogen and oxygen atoms in total. The Labute approximate surface area is 148 Å². The van der Waals surface area contributed by atoms with Crippen LogP contribution in [-0.4, -0.2) is 41.9 Å². The van der Waals surface area contributed by atoms with Crippen LogP contribution < -0.4 is 4.74 Å². The van der Waals surface area contributed by atoms with Gasteiger partial charge < -0.3 is 4.74 Å². The predicted molar refractivity (Wildman–Crippen MR) is 96.4 cm³/mol. The molecule has 2 aromatic rings. The molecule has 1 atom stereocenters.